The topological polar surface area (TPSA) is 15.8 Å². The van der Waals surface area contributed by atoms with Crippen molar-refractivity contribution in [2.24, 2.45) is 0 Å². The van der Waals surface area contributed by atoms with Crippen LogP contribution >= 0.6 is 11.3 Å². The van der Waals surface area contributed by atoms with Crippen LogP contribution in [-0.4, -0.2) is 4.98 Å². The van der Waals surface area contributed by atoms with E-state index in [0.29, 0.717) is 0 Å². The molecule has 0 atom stereocenters. The first-order valence-corrected chi connectivity index (χ1v) is 5.13. The van der Waals surface area contributed by atoms with Gasteiger partial charge in [-0.1, -0.05) is 13.8 Å². The maximum absolute atomic E-state index is 3.29. The predicted octanol–water partition coefficient (Wildman–Crippen LogP) is 3.87. The van der Waals surface area contributed by atoms with Gasteiger partial charge in [0.05, 0.1) is 10.2 Å². The highest BCUT2D eigenvalue weighted by Gasteiger charge is 1.99. The fourth-order valence-electron chi connectivity index (χ4n) is 1.18. The standard InChI is InChI=1S/C8H9NS.C2H6/c1-5-3-8-7(9-5)4-6(2)10-8;1-2/h3-4,9H,1-2H3;1-2H3. The molecule has 2 heteroatoms. The van der Waals surface area contributed by atoms with Gasteiger partial charge in [0.1, 0.15) is 0 Å². The second-order valence-electron chi connectivity index (χ2n) is 2.59. The summed E-state index contributed by atoms with van der Waals surface area (Å²) in [5.74, 6) is 0. The lowest BCUT2D eigenvalue weighted by molar-refractivity contribution is 1.30. The third-order valence-electron chi connectivity index (χ3n) is 1.56. The van der Waals surface area contributed by atoms with Crippen molar-refractivity contribution in [3.05, 3.63) is 22.7 Å². The van der Waals surface area contributed by atoms with Crippen LogP contribution in [0.5, 0.6) is 0 Å². The maximum atomic E-state index is 3.29. The number of hydrogen-bond acceptors (Lipinski definition) is 1. The molecule has 0 unspecified atom stereocenters. The largest absolute Gasteiger partial charge is 0.358 e. The van der Waals surface area contributed by atoms with Crippen molar-refractivity contribution in [1.82, 2.24) is 4.98 Å². The molecule has 1 N–H and O–H groups in total. The molecule has 0 saturated carbocycles. The Morgan fingerprint density at radius 1 is 1.17 bits per heavy atom. The minimum atomic E-state index is 1.25. The average molecular weight is 181 g/mol. The summed E-state index contributed by atoms with van der Waals surface area (Å²) in [4.78, 5) is 4.67. The molecule has 12 heavy (non-hydrogen) atoms. The minimum Gasteiger partial charge on any atom is -0.358 e. The molecule has 0 aliphatic carbocycles. The normalized spacial score (nSPS) is 9.67. The van der Waals surface area contributed by atoms with E-state index in [-0.39, 0.29) is 0 Å². The molecule has 2 heterocycles. The zero-order valence-corrected chi connectivity index (χ0v) is 8.88. The van der Waals surface area contributed by atoms with Crippen molar-refractivity contribution < 1.29 is 0 Å². The molecule has 0 radical (unpaired) electrons. The van der Waals surface area contributed by atoms with Gasteiger partial charge in [-0.05, 0) is 26.0 Å². The molecule has 2 aromatic heterocycles. The lowest BCUT2D eigenvalue weighted by atomic mass is 10.4. The van der Waals surface area contributed by atoms with Gasteiger partial charge in [-0.25, -0.2) is 0 Å². The minimum absolute atomic E-state index is 1.25. The second-order valence-corrected chi connectivity index (χ2v) is 3.88. The number of nitrogens with one attached hydrogen (secondary N) is 1. The van der Waals surface area contributed by atoms with E-state index in [9.17, 15) is 0 Å². The monoisotopic (exact) mass is 181 g/mol. The highest BCUT2D eigenvalue weighted by Crippen LogP contribution is 2.24. The molecule has 0 bridgehead atoms. The number of fused-ring (bicyclic) bond motifs is 1. The molecule has 1 nitrogen and oxygen atoms in total. The molecule has 0 aliphatic rings. The SMILES string of the molecule is CC.Cc1cc2sc(C)cc2[nH]1. The zero-order chi connectivity index (χ0) is 9.14. The Labute approximate surface area is 77.4 Å². The molecule has 2 aromatic rings. The Morgan fingerprint density at radius 3 is 2.42 bits per heavy atom. The van der Waals surface area contributed by atoms with Crippen LogP contribution in [0.25, 0.3) is 10.2 Å². The molecule has 0 saturated heterocycles. The lowest BCUT2D eigenvalue weighted by Gasteiger charge is -1.77. The third-order valence-corrected chi connectivity index (χ3v) is 2.56. The van der Waals surface area contributed by atoms with Crippen molar-refractivity contribution in [1.29, 1.82) is 0 Å². The third kappa shape index (κ3) is 1.69. The van der Waals surface area contributed by atoms with Crippen molar-refractivity contribution in [2.45, 2.75) is 27.7 Å². The molecule has 0 fully saturated rings. The van der Waals surface area contributed by atoms with Crippen LogP contribution in [0.4, 0.5) is 0 Å². The molecule has 0 spiro atoms. The van der Waals surface area contributed by atoms with Crippen LogP contribution in [-0.2, 0) is 0 Å². The van der Waals surface area contributed by atoms with Crippen LogP contribution in [0.1, 0.15) is 24.4 Å². The van der Waals surface area contributed by atoms with E-state index in [2.05, 4.69) is 31.0 Å². The fraction of sp³-hybridized carbons (Fsp3) is 0.400. The van der Waals surface area contributed by atoms with Gasteiger partial charge in [0, 0.05) is 10.6 Å². The summed E-state index contributed by atoms with van der Waals surface area (Å²) in [5, 5.41) is 0. The summed E-state index contributed by atoms with van der Waals surface area (Å²) in [6.45, 7) is 8.22. The van der Waals surface area contributed by atoms with Gasteiger partial charge >= 0.3 is 0 Å². The Morgan fingerprint density at radius 2 is 1.83 bits per heavy atom. The highest BCUT2D eigenvalue weighted by molar-refractivity contribution is 7.18. The number of thiophene rings is 1. The van der Waals surface area contributed by atoms with Crippen molar-refractivity contribution in [3.63, 3.8) is 0 Å². The summed E-state index contributed by atoms with van der Waals surface area (Å²) in [7, 11) is 0. The molecule has 2 rings (SSSR count). The average Bonchev–Trinajstić information content (AvgIpc) is 2.48. The van der Waals surface area contributed by atoms with Crippen LogP contribution in [0.3, 0.4) is 0 Å². The smallest absolute Gasteiger partial charge is 0.0568 e. The van der Waals surface area contributed by atoms with E-state index in [4.69, 9.17) is 0 Å². The lowest BCUT2D eigenvalue weighted by Crippen LogP contribution is -1.64. The van der Waals surface area contributed by atoms with E-state index in [1.807, 2.05) is 25.2 Å². The number of H-pyrrole nitrogens is 1. The first-order valence-electron chi connectivity index (χ1n) is 4.31. The molecule has 66 valence electrons. The van der Waals surface area contributed by atoms with Crippen molar-refractivity contribution in [2.75, 3.05) is 0 Å². The van der Waals surface area contributed by atoms with Crippen LogP contribution < -0.4 is 0 Å². The maximum Gasteiger partial charge on any atom is 0.0568 e. The second kappa shape index (κ2) is 3.76. The van der Waals surface area contributed by atoms with E-state index in [1.165, 1.54) is 20.8 Å². The van der Waals surface area contributed by atoms with Crippen LogP contribution in [0.15, 0.2) is 12.1 Å². The van der Waals surface area contributed by atoms with E-state index >= 15 is 0 Å². The Kier molecular flexibility index (Phi) is 2.93. The summed E-state index contributed by atoms with van der Waals surface area (Å²) < 4.78 is 1.37. The molecule has 0 aromatic carbocycles. The Hall–Kier alpha value is -0.760. The first kappa shape index (κ1) is 9.33. The Bertz CT molecular complexity index is 294. The zero-order valence-electron chi connectivity index (χ0n) is 8.06. The molecule has 0 aliphatic heterocycles. The van der Waals surface area contributed by atoms with Crippen molar-refractivity contribution >= 4 is 21.6 Å². The summed E-state index contributed by atoms with van der Waals surface area (Å²) in [6.07, 6.45) is 0. The summed E-state index contributed by atoms with van der Waals surface area (Å²) in [6, 6.07) is 4.38. The van der Waals surface area contributed by atoms with Gasteiger partial charge in [-0.3, -0.25) is 0 Å². The van der Waals surface area contributed by atoms with Gasteiger partial charge in [0.25, 0.3) is 0 Å². The fourth-order valence-corrected chi connectivity index (χ4v) is 2.16. The van der Waals surface area contributed by atoms with Gasteiger partial charge in [0.2, 0.25) is 0 Å². The van der Waals surface area contributed by atoms with E-state index < -0.39 is 0 Å². The highest BCUT2D eigenvalue weighted by atomic mass is 32.1. The van der Waals surface area contributed by atoms with Gasteiger partial charge in [-0.2, -0.15) is 0 Å². The van der Waals surface area contributed by atoms with Gasteiger partial charge < -0.3 is 4.98 Å². The van der Waals surface area contributed by atoms with Crippen LogP contribution in [0.2, 0.25) is 0 Å². The first-order chi connectivity index (χ1) is 5.75. The summed E-state index contributed by atoms with van der Waals surface area (Å²) >= 11 is 1.84. The molecular weight excluding hydrogens is 166 g/mol. The van der Waals surface area contributed by atoms with Gasteiger partial charge in [0.15, 0.2) is 0 Å². The summed E-state index contributed by atoms with van der Waals surface area (Å²) in [5.41, 5.74) is 2.53. The quantitative estimate of drug-likeness (QED) is 0.635. The predicted molar refractivity (Wildman–Crippen MR) is 57.0 cm³/mol. The van der Waals surface area contributed by atoms with E-state index in [0.717, 1.165) is 0 Å². The molecule has 0 amide bonds. The number of aromatic amines is 1. The number of aryl methyl sites for hydroxylation is 2. The number of rotatable bonds is 0. The molecular formula is C10H15NS. The van der Waals surface area contributed by atoms with Crippen LogP contribution in [0, 0.1) is 13.8 Å². The number of aromatic nitrogens is 1. The van der Waals surface area contributed by atoms with Gasteiger partial charge in [-0.15, -0.1) is 11.3 Å². The Balaban J connectivity index is 0.000000336. The van der Waals surface area contributed by atoms with E-state index in [1.54, 1.807) is 0 Å². The van der Waals surface area contributed by atoms with Crippen molar-refractivity contribution in [3.8, 4) is 0 Å². The number of hydrogen-bond donors (Lipinski definition) is 1.